The van der Waals surface area contributed by atoms with Gasteiger partial charge in [0.1, 0.15) is 5.92 Å². The largest absolute Gasteiger partial charge is 0.465 e. The highest BCUT2D eigenvalue weighted by Crippen LogP contribution is 2.23. The fourth-order valence-corrected chi connectivity index (χ4v) is 1.47. The van der Waals surface area contributed by atoms with Crippen molar-refractivity contribution in [2.24, 2.45) is 5.92 Å². The molecule has 0 spiro atoms. The maximum absolute atomic E-state index is 11.7. The molecule has 0 radical (unpaired) electrons. The van der Waals surface area contributed by atoms with Crippen LogP contribution in [0.15, 0.2) is 4.52 Å². The molecule has 5 heteroatoms. The second-order valence-corrected chi connectivity index (χ2v) is 4.11. The Morgan fingerprint density at radius 3 is 2.62 bits per heavy atom. The van der Waals surface area contributed by atoms with E-state index in [1.807, 2.05) is 13.8 Å². The molecule has 5 nitrogen and oxygen atoms in total. The standard InChI is InChI=1S/C11H18N2O3/c1-5-15-11(14)9(6-7(2)3)10-12-8(4)13-16-10/h7,9H,5-6H2,1-4H3. The van der Waals surface area contributed by atoms with Gasteiger partial charge in [-0.3, -0.25) is 4.79 Å². The number of rotatable bonds is 5. The zero-order valence-electron chi connectivity index (χ0n) is 10.2. The minimum Gasteiger partial charge on any atom is -0.465 e. The summed E-state index contributed by atoms with van der Waals surface area (Å²) >= 11 is 0. The van der Waals surface area contributed by atoms with Crippen molar-refractivity contribution in [1.82, 2.24) is 10.1 Å². The number of hydrogen-bond donors (Lipinski definition) is 0. The first-order valence-electron chi connectivity index (χ1n) is 5.51. The van der Waals surface area contributed by atoms with Gasteiger partial charge in [-0.15, -0.1) is 0 Å². The van der Waals surface area contributed by atoms with E-state index in [-0.39, 0.29) is 5.97 Å². The van der Waals surface area contributed by atoms with Gasteiger partial charge in [0, 0.05) is 0 Å². The quantitative estimate of drug-likeness (QED) is 0.719. The molecule has 90 valence electrons. The van der Waals surface area contributed by atoms with Gasteiger partial charge >= 0.3 is 5.97 Å². The highest BCUT2D eigenvalue weighted by Gasteiger charge is 2.28. The number of carbonyl (C=O) groups is 1. The molecular formula is C11H18N2O3. The molecule has 1 heterocycles. The number of esters is 1. The normalized spacial score (nSPS) is 12.8. The molecule has 1 aromatic rings. The van der Waals surface area contributed by atoms with E-state index in [2.05, 4.69) is 10.1 Å². The Kier molecular flexibility index (Phi) is 4.46. The third-order valence-electron chi connectivity index (χ3n) is 2.12. The maximum atomic E-state index is 11.7. The zero-order valence-corrected chi connectivity index (χ0v) is 10.2. The zero-order chi connectivity index (χ0) is 12.1. The summed E-state index contributed by atoms with van der Waals surface area (Å²) in [4.78, 5) is 15.8. The van der Waals surface area contributed by atoms with Crippen molar-refractivity contribution in [2.45, 2.75) is 40.0 Å². The SMILES string of the molecule is CCOC(=O)C(CC(C)C)c1nc(C)no1. The Balaban J connectivity index is 2.82. The first-order chi connectivity index (χ1) is 7.54. The minimum atomic E-state index is -0.443. The third-order valence-corrected chi connectivity index (χ3v) is 2.12. The van der Waals surface area contributed by atoms with Gasteiger partial charge in [-0.25, -0.2) is 0 Å². The van der Waals surface area contributed by atoms with Crippen LogP contribution in [0.3, 0.4) is 0 Å². The van der Waals surface area contributed by atoms with E-state index in [0.29, 0.717) is 30.7 Å². The Morgan fingerprint density at radius 2 is 2.19 bits per heavy atom. The summed E-state index contributed by atoms with van der Waals surface area (Å²) in [6.45, 7) is 7.94. The van der Waals surface area contributed by atoms with E-state index in [1.165, 1.54) is 0 Å². The second-order valence-electron chi connectivity index (χ2n) is 4.11. The lowest BCUT2D eigenvalue weighted by Crippen LogP contribution is -2.18. The van der Waals surface area contributed by atoms with Gasteiger partial charge < -0.3 is 9.26 Å². The second kappa shape index (κ2) is 5.63. The van der Waals surface area contributed by atoms with Crippen molar-refractivity contribution in [3.05, 3.63) is 11.7 Å². The van der Waals surface area contributed by atoms with Gasteiger partial charge in [0.2, 0.25) is 5.89 Å². The summed E-state index contributed by atoms with van der Waals surface area (Å²) in [6.07, 6.45) is 0.653. The topological polar surface area (TPSA) is 65.2 Å². The summed E-state index contributed by atoms with van der Waals surface area (Å²) in [6, 6.07) is 0. The average molecular weight is 226 g/mol. The summed E-state index contributed by atoms with van der Waals surface area (Å²) in [5.74, 6) is 0.514. The lowest BCUT2D eigenvalue weighted by molar-refractivity contribution is -0.146. The molecule has 0 aliphatic carbocycles. The molecule has 1 unspecified atom stereocenters. The predicted molar refractivity (Wildman–Crippen MR) is 57.9 cm³/mol. The van der Waals surface area contributed by atoms with Gasteiger partial charge in [0.05, 0.1) is 6.61 Å². The van der Waals surface area contributed by atoms with Crippen LogP contribution in [0, 0.1) is 12.8 Å². The number of aryl methyl sites for hydroxylation is 1. The van der Waals surface area contributed by atoms with Crippen molar-refractivity contribution >= 4 is 5.97 Å². The lowest BCUT2D eigenvalue weighted by atomic mass is 9.97. The first-order valence-corrected chi connectivity index (χ1v) is 5.51. The molecule has 0 aliphatic rings. The van der Waals surface area contributed by atoms with Crippen LogP contribution in [0.4, 0.5) is 0 Å². The highest BCUT2D eigenvalue weighted by molar-refractivity contribution is 5.76. The van der Waals surface area contributed by atoms with Crippen LogP contribution in [0.25, 0.3) is 0 Å². The Morgan fingerprint density at radius 1 is 1.50 bits per heavy atom. The van der Waals surface area contributed by atoms with Crippen molar-refractivity contribution in [1.29, 1.82) is 0 Å². The highest BCUT2D eigenvalue weighted by atomic mass is 16.5. The lowest BCUT2D eigenvalue weighted by Gasteiger charge is -2.13. The van der Waals surface area contributed by atoms with Crippen LogP contribution in [0.1, 0.15) is 44.8 Å². The molecule has 1 rings (SSSR count). The molecular weight excluding hydrogens is 208 g/mol. The predicted octanol–water partition coefficient (Wildman–Crippen LogP) is 2.07. The summed E-state index contributed by atoms with van der Waals surface area (Å²) in [7, 11) is 0. The monoisotopic (exact) mass is 226 g/mol. The number of carbonyl (C=O) groups excluding carboxylic acids is 1. The van der Waals surface area contributed by atoms with Crippen LogP contribution >= 0.6 is 0 Å². The van der Waals surface area contributed by atoms with E-state index < -0.39 is 5.92 Å². The molecule has 0 fully saturated rings. The van der Waals surface area contributed by atoms with E-state index in [1.54, 1.807) is 13.8 Å². The van der Waals surface area contributed by atoms with Gasteiger partial charge in [-0.05, 0) is 26.2 Å². The van der Waals surface area contributed by atoms with Crippen LogP contribution in [0.2, 0.25) is 0 Å². The number of ether oxygens (including phenoxy) is 1. The fraction of sp³-hybridized carbons (Fsp3) is 0.727. The van der Waals surface area contributed by atoms with Gasteiger partial charge in [0.15, 0.2) is 5.82 Å². The van der Waals surface area contributed by atoms with E-state index in [9.17, 15) is 4.79 Å². The van der Waals surface area contributed by atoms with Gasteiger partial charge in [0.25, 0.3) is 0 Å². The van der Waals surface area contributed by atoms with E-state index in [4.69, 9.17) is 9.26 Å². The van der Waals surface area contributed by atoms with Crippen LogP contribution in [-0.2, 0) is 9.53 Å². The van der Waals surface area contributed by atoms with E-state index >= 15 is 0 Å². The summed E-state index contributed by atoms with van der Waals surface area (Å²) in [5, 5.41) is 3.69. The molecule has 0 amide bonds. The molecule has 0 aliphatic heterocycles. The van der Waals surface area contributed by atoms with Crippen molar-refractivity contribution < 1.29 is 14.1 Å². The van der Waals surface area contributed by atoms with Crippen molar-refractivity contribution in [2.75, 3.05) is 6.61 Å². The fourth-order valence-electron chi connectivity index (χ4n) is 1.47. The summed E-state index contributed by atoms with van der Waals surface area (Å²) in [5.41, 5.74) is 0. The van der Waals surface area contributed by atoms with Crippen LogP contribution in [0.5, 0.6) is 0 Å². The first kappa shape index (κ1) is 12.7. The van der Waals surface area contributed by atoms with Gasteiger partial charge in [-0.1, -0.05) is 19.0 Å². The van der Waals surface area contributed by atoms with Crippen LogP contribution in [-0.4, -0.2) is 22.7 Å². The number of hydrogen-bond acceptors (Lipinski definition) is 5. The third kappa shape index (κ3) is 3.32. The average Bonchev–Trinajstić information content (AvgIpc) is 2.61. The number of aromatic nitrogens is 2. The van der Waals surface area contributed by atoms with E-state index in [0.717, 1.165) is 0 Å². The molecule has 0 N–H and O–H groups in total. The Labute approximate surface area is 95.2 Å². The molecule has 0 bridgehead atoms. The molecule has 0 aromatic carbocycles. The van der Waals surface area contributed by atoms with Crippen LogP contribution < -0.4 is 0 Å². The van der Waals surface area contributed by atoms with Crippen molar-refractivity contribution in [3.63, 3.8) is 0 Å². The molecule has 1 atom stereocenters. The summed E-state index contributed by atoms with van der Waals surface area (Å²) < 4.78 is 10.0. The minimum absolute atomic E-state index is 0.292. The molecule has 16 heavy (non-hydrogen) atoms. The maximum Gasteiger partial charge on any atom is 0.318 e. The number of nitrogens with zero attached hydrogens (tertiary/aromatic N) is 2. The smallest absolute Gasteiger partial charge is 0.318 e. The molecule has 1 aromatic heterocycles. The Hall–Kier alpha value is -1.39. The molecule has 0 saturated heterocycles. The molecule has 0 saturated carbocycles. The Bertz CT molecular complexity index is 347. The van der Waals surface area contributed by atoms with Crippen molar-refractivity contribution in [3.8, 4) is 0 Å². The van der Waals surface area contributed by atoms with Gasteiger partial charge in [-0.2, -0.15) is 4.98 Å².